The Balaban J connectivity index is 2.36. The molecule has 0 aliphatic carbocycles. The highest BCUT2D eigenvalue weighted by molar-refractivity contribution is 5.86. The third-order valence-electron chi connectivity index (χ3n) is 3.15. The third kappa shape index (κ3) is 4.31. The number of aryl methyl sites for hydroxylation is 1. The summed E-state index contributed by atoms with van der Waals surface area (Å²) in [6.45, 7) is 1.71. The molecule has 9 heteroatoms. The van der Waals surface area contributed by atoms with E-state index < -0.39 is 17.8 Å². The van der Waals surface area contributed by atoms with Gasteiger partial charge in [-0.1, -0.05) is 6.07 Å². The van der Waals surface area contributed by atoms with Gasteiger partial charge in [-0.15, -0.1) is 0 Å². The topological polar surface area (TPSA) is 62.6 Å². The number of carbonyl (C=O) groups excluding carboxylic acids is 1. The number of benzene rings is 1. The summed E-state index contributed by atoms with van der Waals surface area (Å²) in [6, 6.07) is 5.52. The van der Waals surface area contributed by atoms with Gasteiger partial charge in [-0.25, -0.2) is 9.48 Å². The number of ether oxygens (including phenoxy) is 3. The van der Waals surface area contributed by atoms with E-state index in [0.717, 1.165) is 17.0 Å². The van der Waals surface area contributed by atoms with Gasteiger partial charge in [0.2, 0.25) is 5.76 Å². The van der Waals surface area contributed by atoms with Crippen molar-refractivity contribution in [2.24, 2.45) is 0 Å². The molecule has 1 aromatic carbocycles. The molecular weight excluding hydrogens is 341 g/mol. The van der Waals surface area contributed by atoms with E-state index in [1.165, 1.54) is 26.5 Å². The minimum absolute atomic E-state index is 0.207. The van der Waals surface area contributed by atoms with E-state index in [-0.39, 0.29) is 11.5 Å². The van der Waals surface area contributed by atoms with Crippen LogP contribution in [0.5, 0.6) is 5.75 Å². The van der Waals surface area contributed by atoms with Gasteiger partial charge in [0.05, 0.1) is 19.9 Å². The second kappa shape index (κ2) is 7.29. The van der Waals surface area contributed by atoms with E-state index >= 15 is 0 Å². The average molecular weight is 356 g/mol. The molecule has 0 fully saturated rings. The second-order valence-corrected chi connectivity index (χ2v) is 4.90. The van der Waals surface area contributed by atoms with Gasteiger partial charge < -0.3 is 14.2 Å². The predicted molar refractivity (Wildman–Crippen MR) is 81.0 cm³/mol. The summed E-state index contributed by atoms with van der Waals surface area (Å²) in [5.41, 5.74) is -0.0272. The minimum Gasteiger partial charge on any atom is -0.500 e. The van der Waals surface area contributed by atoms with Crippen LogP contribution < -0.4 is 4.74 Å². The van der Waals surface area contributed by atoms with Crippen LogP contribution in [0.15, 0.2) is 42.5 Å². The van der Waals surface area contributed by atoms with Crippen molar-refractivity contribution in [1.29, 1.82) is 0 Å². The smallest absolute Gasteiger partial charge is 0.435 e. The largest absolute Gasteiger partial charge is 0.500 e. The number of carbonyl (C=O) groups is 1. The first kappa shape index (κ1) is 18.4. The van der Waals surface area contributed by atoms with Crippen molar-refractivity contribution < 1.29 is 32.2 Å². The minimum atomic E-state index is -4.53. The average Bonchev–Trinajstić information content (AvgIpc) is 3.06. The zero-order valence-corrected chi connectivity index (χ0v) is 13.6. The first-order valence-electron chi connectivity index (χ1n) is 6.99. The van der Waals surface area contributed by atoms with Gasteiger partial charge in [-0.05, 0) is 24.6 Å². The molecule has 2 aromatic rings. The van der Waals surface area contributed by atoms with Crippen molar-refractivity contribution in [2.75, 3.05) is 14.2 Å². The molecule has 1 heterocycles. The first-order chi connectivity index (χ1) is 11.8. The summed E-state index contributed by atoms with van der Waals surface area (Å²) < 4.78 is 53.9. The Hall–Kier alpha value is -2.97. The number of methoxy groups -OCH3 is 2. The van der Waals surface area contributed by atoms with Crippen molar-refractivity contribution in [3.05, 3.63) is 53.7 Å². The molecule has 0 radical (unpaired) electrons. The van der Waals surface area contributed by atoms with Gasteiger partial charge in [0.15, 0.2) is 5.69 Å². The quantitative estimate of drug-likeness (QED) is 0.468. The summed E-state index contributed by atoms with van der Waals surface area (Å²) in [4.78, 5) is 11.6. The summed E-state index contributed by atoms with van der Waals surface area (Å²) in [6.07, 6.45) is -2.29. The molecule has 0 spiro atoms. The molecule has 0 atom stereocenters. The van der Waals surface area contributed by atoms with Crippen LogP contribution in [0.2, 0.25) is 0 Å². The van der Waals surface area contributed by atoms with Crippen LogP contribution in [0.3, 0.4) is 0 Å². The van der Waals surface area contributed by atoms with Gasteiger partial charge in [0.25, 0.3) is 0 Å². The highest BCUT2D eigenvalue weighted by Gasteiger charge is 2.33. The molecule has 0 unspecified atom stereocenters. The third-order valence-corrected chi connectivity index (χ3v) is 3.15. The molecule has 0 amide bonds. The first-order valence-corrected chi connectivity index (χ1v) is 6.99. The number of aromatic nitrogens is 2. The highest BCUT2D eigenvalue weighted by Crippen LogP contribution is 2.29. The molecule has 0 saturated heterocycles. The van der Waals surface area contributed by atoms with E-state index in [0.29, 0.717) is 11.3 Å². The normalized spacial score (nSPS) is 12.0. The van der Waals surface area contributed by atoms with Crippen LogP contribution in [-0.4, -0.2) is 30.0 Å². The number of nitrogens with zero attached hydrogens (tertiary/aromatic N) is 2. The zero-order chi connectivity index (χ0) is 18.6. The molecule has 0 aliphatic rings. The lowest BCUT2D eigenvalue weighted by Crippen LogP contribution is -2.12. The SMILES string of the molecule is CO/C=C(\Oc1cc(-n2ccc(C(F)(F)F)n2)ccc1C)C(=O)OC. The Bertz CT molecular complexity index is 797. The molecule has 0 saturated carbocycles. The lowest BCUT2D eigenvalue weighted by molar-refractivity contribution is -0.141. The Labute approximate surface area is 141 Å². The summed E-state index contributed by atoms with van der Waals surface area (Å²) in [5, 5.41) is 3.49. The van der Waals surface area contributed by atoms with Crippen molar-refractivity contribution in [3.8, 4) is 11.4 Å². The van der Waals surface area contributed by atoms with Crippen LogP contribution in [0.4, 0.5) is 13.2 Å². The maximum absolute atomic E-state index is 12.7. The van der Waals surface area contributed by atoms with E-state index in [1.54, 1.807) is 19.1 Å². The number of esters is 1. The highest BCUT2D eigenvalue weighted by atomic mass is 19.4. The van der Waals surface area contributed by atoms with E-state index in [9.17, 15) is 18.0 Å². The van der Waals surface area contributed by atoms with Crippen molar-refractivity contribution in [1.82, 2.24) is 9.78 Å². The summed E-state index contributed by atoms with van der Waals surface area (Å²) in [7, 11) is 2.51. The lowest BCUT2D eigenvalue weighted by Gasteiger charge is -2.12. The molecule has 134 valence electrons. The van der Waals surface area contributed by atoms with Crippen molar-refractivity contribution in [2.45, 2.75) is 13.1 Å². The summed E-state index contributed by atoms with van der Waals surface area (Å²) in [5.74, 6) is -0.720. The van der Waals surface area contributed by atoms with Gasteiger partial charge in [-0.3, -0.25) is 0 Å². The maximum atomic E-state index is 12.7. The molecule has 1 aromatic heterocycles. The molecule has 2 rings (SSSR count). The maximum Gasteiger partial charge on any atom is 0.435 e. The fourth-order valence-electron chi connectivity index (χ4n) is 1.90. The number of hydrogen-bond acceptors (Lipinski definition) is 5. The fraction of sp³-hybridized carbons (Fsp3) is 0.250. The zero-order valence-electron chi connectivity index (χ0n) is 13.6. The Morgan fingerprint density at radius 3 is 2.52 bits per heavy atom. The Kier molecular flexibility index (Phi) is 5.35. The van der Waals surface area contributed by atoms with Crippen molar-refractivity contribution in [3.63, 3.8) is 0 Å². The number of hydrogen-bond donors (Lipinski definition) is 0. The van der Waals surface area contributed by atoms with Crippen LogP contribution in [0.25, 0.3) is 5.69 Å². The predicted octanol–water partition coefficient (Wildman–Crippen LogP) is 3.24. The molecular formula is C16H15F3N2O4. The fourth-order valence-corrected chi connectivity index (χ4v) is 1.90. The Morgan fingerprint density at radius 2 is 1.96 bits per heavy atom. The van der Waals surface area contributed by atoms with Crippen molar-refractivity contribution >= 4 is 5.97 Å². The molecule has 25 heavy (non-hydrogen) atoms. The van der Waals surface area contributed by atoms with Crippen LogP contribution in [0, 0.1) is 6.92 Å². The summed E-state index contributed by atoms with van der Waals surface area (Å²) >= 11 is 0. The van der Waals surface area contributed by atoms with E-state index in [1.807, 2.05) is 0 Å². The van der Waals surface area contributed by atoms with Gasteiger partial charge in [0, 0.05) is 12.3 Å². The van der Waals surface area contributed by atoms with Gasteiger partial charge in [0.1, 0.15) is 12.0 Å². The van der Waals surface area contributed by atoms with E-state index in [4.69, 9.17) is 9.47 Å². The van der Waals surface area contributed by atoms with Crippen LogP contribution >= 0.6 is 0 Å². The second-order valence-electron chi connectivity index (χ2n) is 4.90. The number of alkyl halides is 3. The standard InChI is InChI=1S/C16H15F3N2O4/c1-10-4-5-11(21-7-6-14(20-21)16(17,18)19)8-12(10)25-13(9-23-2)15(22)24-3/h4-9H,1-3H3/b13-9-. The van der Waals surface area contributed by atoms with Gasteiger partial charge >= 0.3 is 12.1 Å². The molecule has 0 aliphatic heterocycles. The molecule has 0 bridgehead atoms. The van der Waals surface area contributed by atoms with Gasteiger partial charge in [-0.2, -0.15) is 18.3 Å². The number of halogens is 3. The van der Waals surface area contributed by atoms with Crippen LogP contribution in [0.1, 0.15) is 11.3 Å². The lowest BCUT2D eigenvalue weighted by atomic mass is 10.2. The molecule has 0 N–H and O–H groups in total. The monoisotopic (exact) mass is 356 g/mol. The Morgan fingerprint density at radius 1 is 1.24 bits per heavy atom. The molecule has 6 nitrogen and oxygen atoms in total. The van der Waals surface area contributed by atoms with Crippen LogP contribution in [-0.2, 0) is 20.4 Å². The number of rotatable bonds is 5. The van der Waals surface area contributed by atoms with E-state index in [2.05, 4.69) is 9.84 Å².